The topological polar surface area (TPSA) is 62.9 Å². The van der Waals surface area contributed by atoms with Gasteiger partial charge in [-0.2, -0.15) is 11.8 Å². The zero-order valence-electron chi connectivity index (χ0n) is 9.95. The second kappa shape index (κ2) is 8.66. The molecular weight excluding hydrogens is 224 g/mol. The molecule has 0 spiro atoms. The van der Waals surface area contributed by atoms with Gasteiger partial charge in [0.15, 0.2) is 0 Å². The number of nitrogens with two attached hydrogens (primary N) is 1. The molecule has 0 aliphatic carbocycles. The first-order chi connectivity index (χ1) is 7.88. The van der Waals surface area contributed by atoms with Gasteiger partial charge in [-0.1, -0.05) is 0 Å². The fourth-order valence-corrected chi connectivity index (χ4v) is 2.48. The van der Waals surface area contributed by atoms with Gasteiger partial charge in [0.05, 0.1) is 0 Å². The van der Waals surface area contributed by atoms with Gasteiger partial charge in [0.25, 0.3) is 0 Å². The molecule has 1 rings (SSSR count). The summed E-state index contributed by atoms with van der Waals surface area (Å²) in [6.45, 7) is 3.58. The van der Waals surface area contributed by atoms with Gasteiger partial charge in [-0.25, -0.2) is 5.84 Å². The Labute approximate surface area is 102 Å². The van der Waals surface area contributed by atoms with Crippen molar-refractivity contribution < 1.29 is 4.74 Å². The predicted octanol–water partition coefficient (Wildman–Crippen LogP) is 0.281. The molecule has 0 amide bonds. The first-order valence-corrected chi connectivity index (χ1v) is 6.86. The van der Waals surface area contributed by atoms with Crippen LogP contribution in [-0.2, 0) is 4.74 Å². The van der Waals surface area contributed by atoms with E-state index < -0.39 is 0 Å². The zero-order valence-corrected chi connectivity index (χ0v) is 10.8. The maximum atomic E-state index is 5.51. The van der Waals surface area contributed by atoms with Crippen LogP contribution in [0.2, 0.25) is 0 Å². The van der Waals surface area contributed by atoms with E-state index >= 15 is 0 Å². The number of methoxy groups -OCH3 is 1. The molecular formula is C10H22N4OS. The van der Waals surface area contributed by atoms with Crippen LogP contribution < -0.4 is 11.3 Å². The monoisotopic (exact) mass is 246 g/mol. The maximum Gasteiger partial charge on any atom is 0.208 e. The fraction of sp³-hybridized carbons (Fsp3) is 0.900. The number of nitrogens with zero attached hydrogens (tertiary/aromatic N) is 2. The minimum atomic E-state index is 0.747. The summed E-state index contributed by atoms with van der Waals surface area (Å²) in [5, 5.41) is 0. The van der Waals surface area contributed by atoms with Gasteiger partial charge in [0.2, 0.25) is 5.96 Å². The molecule has 0 saturated carbocycles. The summed E-state index contributed by atoms with van der Waals surface area (Å²) in [6, 6.07) is 0. The van der Waals surface area contributed by atoms with Gasteiger partial charge in [-0.05, 0) is 18.6 Å². The molecule has 0 unspecified atom stereocenters. The number of nitrogens with one attached hydrogen (secondary N) is 1. The van der Waals surface area contributed by atoms with Crippen LogP contribution in [0.25, 0.3) is 0 Å². The molecule has 0 bridgehead atoms. The SMILES string of the molecule is COCCCN=C(NN)N1CCCSCC1. The molecule has 0 aromatic heterocycles. The largest absolute Gasteiger partial charge is 0.385 e. The summed E-state index contributed by atoms with van der Waals surface area (Å²) in [7, 11) is 1.71. The lowest BCUT2D eigenvalue weighted by molar-refractivity contribution is 0.197. The molecule has 1 aliphatic rings. The summed E-state index contributed by atoms with van der Waals surface area (Å²) in [6.07, 6.45) is 2.13. The molecule has 1 saturated heterocycles. The van der Waals surface area contributed by atoms with E-state index in [1.165, 1.54) is 12.2 Å². The van der Waals surface area contributed by atoms with Gasteiger partial charge in [0.1, 0.15) is 0 Å². The van der Waals surface area contributed by atoms with E-state index in [2.05, 4.69) is 15.3 Å². The van der Waals surface area contributed by atoms with Crippen molar-refractivity contribution in [2.45, 2.75) is 12.8 Å². The summed E-state index contributed by atoms with van der Waals surface area (Å²) < 4.78 is 4.98. The lowest BCUT2D eigenvalue weighted by atomic mass is 10.4. The van der Waals surface area contributed by atoms with Crippen LogP contribution in [0.15, 0.2) is 4.99 Å². The second-order valence-electron chi connectivity index (χ2n) is 3.65. The van der Waals surface area contributed by atoms with Crippen molar-refractivity contribution in [1.29, 1.82) is 0 Å². The highest BCUT2D eigenvalue weighted by Gasteiger charge is 2.12. The Morgan fingerprint density at radius 1 is 1.50 bits per heavy atom. The van der Waals surface area contributed by atoms with Crippen molar-refractivity contribution in [2.24, 2.45) is 10.8 Å². The fourth-order valence-electron chi connectivity index (χ4n) is 1.59. The highest BCUT2D eigenvalue weighted by Crippen LogP contribution is 2.09. The minimum absolute atomic E-state index is 0.747. The van der Waals surface area contributed by atoms with Crippen molar-refractivity contribution in [3.63, 3.8) is 0 Å². The molecule has 94 valence electrons. The number of hydrogen-bond donors (Lipinski definition) is 2. The van der Waals surface area contributed by atoms with Crippen molar-refractivity contribution in [3.8, 4) is 0 Å². The molecule has 1 fully saturated rings. The van der Waals surface area contributed by atoms with Crippen LogP contribution in [0.3, 0.4) is 0 Å². The Kier molecular flexibility index (Phi) is 7.37. The number of hydrazine groups is 1. The van der Waals surface area contributed by atoms with Gasteiger partial charge in [0, 0.05) is 39.1 Å². The highest BCUT2D eigenvalue weighted by atomic mass is 32.2. The maximum absolute atomic E-state index is 5.51. The number of hydrogen-bond acceptors (Lipinski definition) is 4. The molecule has 0 atom stereocenters. The number of thioether (sulfide) groups is 1. The molecule has 1 aliphatic heterocycles. The normalized spacial score (nSPS) is 18.4. The van der Waals surface area contributed by atoms with Crippen molar-refractivity contribution in [2.75, 3.05) is 44.9 Å². The van der Waals surface area contributed by atoms with Gasteiger partial charge < -0.3 is 9.64 Å². The first kappa shape index (κ1) is 13.6. The second-order valence-corrected chi connectivity index (χ2v) is 4.87. The minimum Gasteiger partial charge on any atom is -0.385 e. The van der Waals surface area contributed by atoms with Gasteiger partial charge >= 0.3 is 0 Å². The first-order valence-electron chi connectivity index (χ1n) is 5.71. The van der Waals surface area contributed by atoms with E-state index in [0.717, 1.165) is 44.4 Å². The van der Waals surface area contributed by atoms with E-state index in [0.29, 0.717) is 0 Å². The Morgan fingerprint density at radius 2 is 2.38 bits per heavy atom. The quantitative estimate of drug-likeness (QED) is 0.245. The van der Waals surface area contributed by atoms with Gasteiger partial charge in [-0.15, -0.1) is 0 Å². The molecule has 5 nitrogen and oxygen atoms in total. The van der Waals surface area contributed by atoms with Crippen LogP contribution in [0.1, 0.15) is 12.8 Å². The Bertz CT molecular complexity index is 205. The third-order valence-electron chi connectivity index (χ3n) is 2.42. The standard InChI is InChI=1S/C10H22N4OS/c1-15-7-2-4-12-10(13-11)14-5-3-8-16-9-6-14/h2-9,11H2,1H3,(H,12,13). The molecule has 6 heteroatoms. The number of guanidine groups is 1. The van der Waals surface area contributed by atoms with Crippen LogP contribution in [0.5, 0.6) is 0 Å². The van der Waals surface area contributed by atoms with Crippen LogP contribution in [-0.4, -0.2) is 55.7 Å². The van der Waals surface area contributed by atoms with E-state index in [9.17, 15) is 0 Å². The van der Waals surface area contributed by atoms with E-state index in [1.807, 2.05) is 11.8 Å². The van der Waals surface area contributed by atoms with Crippen LogP contribution in [0.4, 0.5) is 0 Å². The highest BCUT2D eigenvalue weighted by molar-refractivity contribution is 7.99. The summed E-state index contributed by atoms with van der Waals surface area (Å²) in [5.41, 5.74) is 2.70. The summed E-state index contributed by atoms with van der Waals surface area (Å²) in [4.78, 5) is 6.69. The lowest BCUT2D eigenvalue weighted by Gasteiger charge is -2.23. The van der Waals surface area contributed by atoms with Crippen molar-refractivity contribution in [3.05, 3.63) is 0 Å². The Hall–Kier alpha value is -0.460. The predicted molar refractivity (Wildman–Crippen MR) is 69.6 cm³/mol. The molecule has 16 heavy (non-hydrogen) atoms. The Morgan fingerprint density at radius 3 is 3.12 bits per heavy atom. The number of aliphatic imine (C=N–C) groups is 1. The number of rotatable bonds is 4. The third kappa shape index (κ3) is 5.05. The molecule has 3 N–H and O–H groups in total. The molecule has 0 aromatic rings. The summed E-state index contributed by atoms with van der Waals surface area (Å²) in [5.74, 6) is 8.71. The van der Waals surface area contributed by atoms with Crippen LogP contribution in [0, 0.1) is 0 Å². The smallest absolute Gasteiger partial charge is 0.208 e. The van der Waals surface area contributed by atoms with Crippen molar-refractivity contribution >= 4 is 17.7 Å². The van der Waals surface area contributed by atoms with Crippen molar-refractivity contribution in [1.82, 2.24) is 10.3 Å². The zero-order chi connectivity index (χ0) is 11.6. The average Bonchev–Trinajstić information content (AvgIpc) is 2.58. The average molecular weight is 246 g/mol. The van der Waals surface area contributed by atoms with Crippen LogP contribution >= 0.6 is 11.8 Å². The third-order valence-corrected chi connectivity index (χ3v) is 3.47. The van der Waals surface area contributed by atoms with E-state index in [4.69, 9.17) is 10.6 Å². The van der Waals surface area contributed by atoms with E-state index in [-0.39, 0.29) is 0 Å². The molecule has 1 heterocycles. The molecule has 0 aromatic carbocycles. The lowest BCUT2D eigenvalue weighted by Crippen LogP contribution is -2.45. The molecule has 0 radical (unpaired) electrons. The summed E-state index contributed by atoms with van der Waals surface area (Å²) >= 11 is 1.99. The Balaban J connectivity index is 2.37. The van der Waals surface area contributed by atoms with Gasteiger partial charge in [-0.3, -0.25) is 10.4 Å². The van der Waals surface area contributed by atoms with E-state index in [1.54, 1.807) is 7.11 Å². The number of ether oxygens (including phenoxy) is 1.